The van der Waals surface area contributed by atoms with Crippen LogP contribution in [0.3, 0.4) is 0 Å². The van der Waals surface area contributed by atoms with Gasteiger partial charge in [-0.25, -0.2) is 9.98 Å². The van der Waals surface area contributed by atoms with Crippen molar-refractivity contribution in [3.05, 3.63) is 77.6 Å². The Kier molecular flexibility index (Phi) is 7.10. The first-order chi connectivity index (χ1) is 17.6. The minimum atomic E-state index is -0.426. The Morgan fingerprint density at radius 2 is 1.92 bits per heavy atom. The van der Waals surface area contributed by atoms with Crippen molar-refractivity contribution < 1.29 is 24.0 Å². The largest absolute Gasteiger partial charge is 0.861 e. The van der Waals surface area contributed by atoms with Gasteiger partial charge >= 0.3 is 5.88 Å². The summed E-state index contributed by atoms with van der Waals surface area (Å²) in [5.74, 6) is -0.595. The SMILES string of the molecule is Cc1ccc(/C=C2/N=C(SC/C([O-])=N\c3c[n+](N4CCOCC4)no3)N(c3ccccc3)C2=O)cc1. The van der Waals surface area contributed by atoms with E-state index in [0.29, 0.717) is 42.9 Å². The maximum atomic E-state index is 13.3. The maximum Gasteiger partial charge on any atom is 0.324 e. The van der Waals surface area contributed by atoms with E-state index in [1.807, 2.05) is 66.5 Å². The van der Waals surface area contributed by atoms with Crippen molar-refractivity contribution in [1.29, 1.82) is 0 Å². The number of amidine groups is 1. The van der Waals surface area contributed by atoms with Gasteiger partial charge in [0.1, 0.15) is 5.70 Å². The van der Waals surface area contributed by atoms with Crippen LogP contribution in [0, 0.1) is 6.92 Å². The molecular formula is C25H24N6O4S. The van der Waals surface area contributed by atoms with Crippen molar-refractivity contribution >= 4 is 46.4 Å². The van der Waals surface area contributed by atoms with Crippen molar-refractivity contribution in [3.63, 3.8) is 0 Å². The van der Waals surface area contributed by atoms with Gasteiger partial charge in [-0.15, -0.1) is 5.01 Å². The van der Waals surface area contributed by atoms with Gasteiger partial charge in [-0.1, -0.05) is 59.8 Å². The molecule has 3 aromatic rings. The van der Waals surface area contributed by atoms with Gasteiger partial charge in [0.25, 0.3) is 12.1 Å². The highest BCUT2D eigenvalue weighted by molar-refractivity contribution is 8.14. The van der Waals surface area contributed by atoms with Gasteiger partial charge in [0.2, 0.25) is 5.27 Å². The number of para-hydroxylation sites is 1. The summed E-state index contributed by atoms with van der Waals surface area (Å²) < 4.78 is 10.5. The third-order valence-corrected chi connectivity index (χ3v) is 6.43. The zero-order valence-corrected chi connectivity index (χ0v) is 20.4. The number of carbonyl (C=O) groups excluding carboxylic acids is 1. The average molecular weight is 505 g/mol. The number of rotatable bonds is 6. The Morgan fingerprint density at radius 1 is 1.17 bits per heavy atom. The van der Waals surface area contributed by atoms with Crippen LogP contribution in [0.1, 0.15) is 11.1 Å². The van der Waals surface area contributed by atoms with Gasteiger partial charge in [0.05, 0.1) is 36.8 Å². The first-order valence-electron chi connectivity index (χ1n) is 11.4. The molecule has 2 aromatic carbocycles. The molecule has 2 aliphatic rings. The zero-order valence-electron chi connectivity index (χ0n) is 19.6. The number of nitrogens with zero attached hydrogens (tertiary/aromatic N) is 6. The smallest absolute Gasteiger partial charge is 0.324 e. The number of thioether (sulfide) groups is 1. The number of aromatic nitrogens is 2. The van der Waals surface area contributed by atoms with E-state index < -0.39 is 5.90 Å². The number of amides is 1. The van der Waals surface area contributed by atoms with Crippen molar-refractivity contribution in [2.45, 2.75) is 6.92 Å². The molecule has 1 aromatic heterocycles. The molecule has 5 rings (SSSR count). The van der Waals surface area contributed by atoms with Crippen molar-refractivity contribution in [3.8, 4) is 0 Å². The standard InChI is InChI=1S/C25H24N6O4S/c1-18-7-9-19(10-8-18)15-21-24(33)31(20-5-3-2-4-6-20)25(26-21)36-17-22(32)27-23-16-30(28-35-23)29-11-13-34-14-12-29/h2-10,15-16H,11-14,17H2,1H3/b21-15+. The Labute approximate surface area is 212 Å². The van der Waals surface area contributed by atoms with Crippen LogP contribution < -0.4 is 19.8 Å². The number of anilines is 1. The number of benzene rings is 2. The van der Waals surface area contributed by atoms with Crippen LogP contribution in [0.2, 0.25) is 0 Å². The van der Waals surface area contributed by atoms with Crippen LogP contribution in [-0.4, -0.2) is 54.3 Å². The van der Waals surface area contributed by atoms with Crippen LogP contribution in [0.25, 0.3) is 6.08 Å². The summed E-state index contributed by atoms with van der Waals surface area (Å²) in [5.41, 5.74) is 2.98. The highest BCUT2D eigenvalue weighted by atomic mass is 32.2. The molecule has 1 amide bonds. The summed E-state index contributed by atoms with van der Waals surface area (Å²) >= 11 is 1.14. The molecule has 0 saturated carbocycles. The molecule has 1 saturated heterocycles. The second kappa shape index (κ2) is 10.8. The lowest BCUT2D eigenvalue weighted by molar-refractivity contribution is -0.759. The lowest BCUT2D eigenvalue weighted by atomic mass is 10.1. The molecule has 0 N–H and O–H groups in total. The Bertz CT molecular complexity index is 1310. The number of hydrogen-bond acceptors (Lipinski definition) is 9. The summed E-state index contributed by atoms with van der Waals surface area (Å²) in [7, 11) is 0. The molecule has 36 heavy (non-hydrogen) atoms. The monoisotopic (exact) mass is 504 g/mol. The third kappa shape index (κ3) is 5.47. The Morgan fingerprint density at radius 3 is 2.67 bits per heavy atom. The van der Waals surface area contributed by atoms with E-state index in [1.165, 1.54) is 9.69 Å². The molecule has 0 atom stereocenters. The summed E-state index contributed by atoms with van der Waals surface area (Å²) in [6.07, 6.45) is 3.31. The number of hydrogen-bond donors (Lipinski definition) is 0. The Balaban J connectivity index is 1.33. The van der Waals surface area contributed by atoms with E-state index in [2.05, 4.69) is 15.3 Å². The van der Waals surface area contributed by atoms with Crippen molar-refractivity contribution in [1.82, 2.24) is 5.27 Å². The van der Waals surface area contributed by atoms with Gasteiger partial charge < -0.3 is 9.84 Å². The number of ether oxygens (including phenoxy) is 1. The molecule has 0 radical (unpaired) electrons. The van der Waals surface area contributed by atoms with E-state index in [1.54, 1.807) is 12.3 Å². The van der Waals surface area contributed by atoms with Gasteiger partial charge in [0.15, 0.2) is 5.17 Å². The number of carbonyl (C=O) groups is 1. The molecule has 2 aliphatic heterocycles. The molecule has 184 valence electrons. The number of aryl methyl sites for hydroxylation is 1. The minimum absolute atomic E-state index is 0.0223. The highest BCUT2D eigenvalue weighted by Gasteiger charge is 2.32. The fraction of sp³-hybridized carbons (Fsp3) is 0.240. The minimum Gasteiger partial charge on any atom is -0.861 e. The fourth-order valence-corrected chi connectivity index (χ4v) is 4.47. The molecule has 0 bridgehead atoms. The van der Waals surface area contributed by atoms with Gasteiger partial charge in [-0.05, 0) is 36.6 Å². The predicted molar refractivity (Wildman–Crippen MR) is 136 cm³/mol. The van der Waals surface area contributed by atoms with E-state index in [-0.39, 0.29) is 17.5 Å². The molecule has 0 unspecified atom stereocenters. The summed E-state index contributed by atoms with van der Waals surface area (Å²) in [4.78, 5) is 24.9. The molecule has 3 heterocycles. The van der Waals surface area contributed by atoms with Crippen LogP contribution >= 0.6 is 11.8 Å². The maximum absolute atomic E-state index is 13.3. The zero-order chi connectivity index (χ0) is 24.9. The van der Waals surface area contributed by atoms with Crippen LogP contribution in [0.4, 0.5) is 11.6 Å². The van der Waals surface area contributed by atoms with E-state index >= 15 is 0 Å². The lowest BCUT2D eigenvalue weighted by Gasteiger charge is -2.18. The molecule has 0 spiro atoms. The molecule has 10 nitrogen and oxygen atoms in total. The van der Waals surface area contributed by atoms with Gasteiger partial charge in [-0.3, -0.25) is 14.2 Å². The van der Waals surface area contributed by atoms with Crippen LogP contribution in [0.5, 0.6) is 0 Å². The number of aliphatic imine (C=N–C) groups is 2. The second-order valence-corrected chi connectivity index (χ2v) is 9.07. The molecule has 0 aliphatic carbocycles. The topological polar surface area (TPSA) is 110 Å². The molecular weight excluding hydrogens is 480 g/mol. The van der Waals surface area contributed by atoms with E-state index in [9.17, 15) is 9.90 Å². The normalized spacial score (nSPS) is 17.7. The second-order valence-electron chi connectivity index (χ2n) is 8.13. The van der Waals surface area contributed by atoms with Crippen molar-refractivity contribution in [2.75, 3.05) is 42.0 Å². The number of morpholine rings is 1. The average Bonchev–Trinajstić information content (AvgIpc) is 3.49. The predicted octanol–water partition coefficient (Wildman–Crippen LogP) is 1.81. The highest BCUT2D eigenvalue weighted by Crippen LogP contribution is 2.29. The Hall–Kier alpha value is -3.96. The summed E-state index contributed by atoms with van der Waals surface area (Å²) in [6, 6.07) is 17.1. The third-order valence-electron chi connectivity index (χ3n) is 5.51. The van der Waals surface area contributed by atoms with Crippen LogP contribution in [-0.2, 0) is 9.53 Å². The van der Waals surface area contributed by atoms with Gasteiger partial charge in [0, 0.05) is 5.75 Å². The van der Waals surface area contributed by atoms with Crippen LogP contribution in [0.15, 0.2) is 81.0 Å². The first-order valence-corrected chi connectivity index (χ1v) is 12.4. The fourth-order valence-electron chi connectivity index (χ4n) is 3.67. The lowest BCUT2D eigenvalue weighted by Crippen LogP contribution is -2.62. The quantitative estimate of drug-likeness (QED) is 0.218. The summed E-state index contributed by atoms with van der Waals surface area (Å²) in [5, 5.41) is 18.9. The van der Waals surface area contributed by atoms with Crippen molar-refractivity contribution in [2.24, 2.45) is 9.98 Å². The molecule has 11 heteroatoms. The van der Waals surface area contributed by atoms with Gasteiger partial charge in [-0.2, -0.15) is 0 Å². The molecule has 1 fully saturated rings. The van der Waals surface area contributed by atoms with E-state index in [0.717, 1.165) is 22.9 Å². The first kappa shape index (κ1) is 23.8. The van der Waals surface area contributed by atoms with E-state index in [4.69, 9.17) is 9.26 Å². The summed E-state index contributed by atoms with van der Waals surface area (Å²) in [6.45, 7) is 4.54.